The van der Waals surface area contributed by atoms with Crippen LogP contribution in [-0.4, -0.2) is 41.6 Å². The number of anilines is 1. The quantitative estimate of drug-likeness (QED) is 0.852. The second-order valence-electron chi connectivity index (χ2n) is 4.92. The van der Waals surface area contributed by atoms with Gasteiger partial charge in [-0.2, -0.15) is 18.3 Å². The number of aliphatic hydroxyl groups is 1. The molecule has 1 amide bonds. The first-order valence-electron chi connectivity index (χ1n) is 6.46. The van der Waals surface area contributed by atoms with Crippen LogP contribution in [0, 0.1) is 5.92 Å². The van der Waals surface area contributed by atoms with Gasteiger partial charge in [0.05, 0.1) is 18.5 Å². The van der Waals surface area contributed by atoms with Crippen LogP contribution in [0.15, 0.2) is 35.4 Å². The molecule has 0 saturated carbocycles. The number of hydrogen-bond donors (Lipinski definition) is 1. The molecule has 6 nitrogen and oxygen atoms in total. The van der Waals surface area contributed by atoms with Crippen LogP contribution in [0.3, 0.4) is 0 Å². The van der Waals surface area contributed by atoms with Crippen LogP contribution in [0.2, 0.25) is 0 Å². The SMILES string of the molecule is COC(=O)C(O)(C1C(=O)N(c2ccccc2)N=C1C)C(F)(F)F. The van der Waals surface area contributed by atoms with Gasteiger partial charge in [0.15, 0.2) is 0 Å². The molecule has 1 aliphatic rings. The smallest absolute Gasteiger partial charge is 0.429 e. The number of esters is 1. The fourth-order valence-electron chi connectivity index (χ4n) is 2.35. The second kappa shape index (κ2) is 5.65. The summed E-state index contributed by atoms with van der Waals surface area (Å²) in [5, 5.41) is 14.5. The minimum Gasteiger partial charge on any atom is -0.467 e. The van der Waals surface area contributed by atoms with Gasteiger partial charge >= 0.3 is 12.1 Å². The Labute approximate surface area is 129 Å². The molecular formula is C14H13F3N2O4. The van der Waals surface area contributed by atoms with Gasteiger partial charge in [-0.25, -0.2) is 9.80 Å². The van der Waals surface area contributed by atoms with Gasteiger partial charge in [-0.15, -0.1) is 0 Å². The van der Waals surface area contributed by atoms with Crippen LogP contribution < -0.4 is 5.01 Å². The molecule has 0 fully saturated rings. The highest BCUT2D eigenvalue weighted by Crippen LogP contribution is 2.41. The molecule has 1 heterocycles. The summed E-state index contributed by atoms with van der Waals surface area (Å²) in [6.45, 7) is 1.13. The highest BCUT2D eigenvalue weighted by atomic mass is 19.4. The highest BCUT2D eigenvalue weighted by Gasteiger charge is 2.69. The predicted molar refractivity (Wildman–Crippen MR) is 73.5 cm³/mol. The van der Waals surface area contributed by atoms with E-state index < -0.39 is 29.6 Å². The van der Waals surface area contributed by atoms with E-state index >= 15 is 0 Å². The summed E-state index contributed by atoms with van der Waals surface area (Å²) in [6, 6.07) is 7.70. The minimum atomic E-state index is -5.41. The average Bonchev–Trinajstić information content (AvgIpc) is 2.80. The van der Waals surface area contributed by atoms with Crippen molar-refractivity contribution < 1.29 is 32.6 Å². The summed E-state index contributed by atoms with van der Waals surface area (Å²) in [6.07, 6.45) is -5.41. The van der Waals surface area contributed by atoms with Gasteiger partial charge in [-0.1, -0.05) is 18.2 Å². The molecule has 0 aromatic heterocycles. The lowest BCUT2D eigenvalue weighted by molar-refractivity contribution is -0.268. The Hall–Kier alpha value is -2.42. The Bertz CT molecular complexity index is 660. The molecule has 1 aliphatic heterocycles. The van der Waals surface area contributed by atoms with Gasteiger partial charge < -0.3 is 9.84 Å². The standard InChI is InChI=1S/C14H13F3N2O4/c1-8-10(13(22,12(21)23-2)14(15,16)17)11(20)19(18-8)9-6-4-3-5-7-9/h3-7,10,22H,1-2H3. The first kappa shape index (κ1) is 16.9. The molecule has 1 aromatic rings. The Kier molecular flexibility index (Phi) is 4.16. The number of ether oxygens (including phenoxy) is 1. The number of hydrogen-bond acceptors (Lipinski definition) is 5. The molecule has 2 atom stereocenters. The fraction of sp³-hybridized carbons (Fsp3) is 0.357. The van der Waals surface area contributed by atoms with Crippen molar-refractivity contribution in [3.05, 3.63) is 30.3 Å². The minimum absolute atomic E-state index is 0.216. The third-order valence-corrected chi connectivity index (χ3v) is 3.48. The summed E-state index contributed by atoms with van der Waals surface area (Å²) in [5.41, 5.74) is -4.13. The maximum absolute atomic E-state index is 13.3. The molecule has 124 valence electrons. The molecule has 0 aliphatic carbocycles. The molecule has 0 radical (unpaired) electrons. The molecule has 0 bridgehead atoms. The molecule has 1 aromatic carbocycles. The van der Waals surface area contributed by atoms with Crippen molar-refractivity contribution in [1.82, 2.24) is 0 Å². The Morgan fingerprint density at radius 2 is 1.87 bits per heavy atom. The topological polar surface area (TPSA) is 79.2 Å². The van der Waals surface area contributed by atoms with Crippen LogP contribution in [0.4, 0.5) is 18.9 Å². The molecule has 23 heavy (non-hydrogen) atoms. The normalized spacial score (nSPS) is 21.0. The molecule has 9 heteroatoms. The molecule has 0 spiro atoms. The van der Waals surface area contributed by atoms with Gasteiger partial charge in [0.25, 0.3) is 11.5 Å². The van der Waals surface area contributed by atoms with Gasteiger partial charge in [0, 0.05) is 0 Å². The first-order valence-corrected chi connectivity index (χ1v) is 6.46. The summed E-state index contributed by atoms with van der Waals surface area (Å²) < 4.78 is 43.9. The molecule has 2 unspecified atom stereocenters. The number of para-hydroxylation sites is 1. The number of alkyl halides is 3. The average molecular weight is 330 g/mol. The van der Waals surface area contributed by atoms with Crippen LogP contribution in [0.25, 0.3) is 0 Å². The Balaban J connectivity index is 2.50. The second-order valence-corrected chi connectivity index (χ2v) is 4.92. The van der Waals surface area contributed by atoms with E-state index in [-0.39, 0.29) is 11.4 Å². The van der Waals surface area contributed by atoms with Crippen molar-refractivity contribution in [1.29, 1.82) is 0 Å². The van der Waals surface area contributed by atoms with Crippen molar-refractivity contribution in [3.8, 4) is 0 Å². The highest BCUT2D eigenvalue weighted by molar-refractivity contribution is 6.18. The summed E-state index contributed by atoms with van der Waals surface area (Å²) in [7, 11) is 0.694. The lowest BCUT2D eigenvalue weighted by Crippen LogP contribution is -2.61. The van der Waals surface area contributed by atoms with Crippen molar-refractivity contribution >= 4 is 23.3 Å². The largest absolute Gasteiger partial charge is 0.467 e. The fourth-order valence-corrected chi connectivity index (χ4v) is 2.35. The summed E-state index contributed by atoms with van der Waals surface area (Å²) >= 11 is 0. The number of nitrogens with zero attached hydrogens (tertiary/aromatic N) is 2. The lowest BCUT2D eigenvalue weighted by Gasteiger charge is -2.31. The number of halogens is 3. The number of benzene rings is 1. The van der Waals surface area contributed by atoms with E-state index in [4.69, 9.17) is 0 Å². The number of methoxy groups -OCH3 is 1. The zero-order chi connectivity index (χ0) is 17.4. The monoisotopic (exact) mass is 330 g/mol. The van der Waals surface area contributed by atoms with Crippen LogP contribution in [-0.2, 0) is 14.3 Å². The zero-order valence-electron chi connectivity index (χ0n) is 12.2. The number of hydrazone groups is 1. The predicted octanol–water partition coefficient (Wildman–Crippen LogP) is 1.49. The van der Waals surface area contributed by atoms with Crippen LogP contribution in [0.5, 0.6) is 0 Å². The van der Waals surface area contributed by atoms with E-state index in [9.17, 15) is 27.9 Å². The molecule has 2 rings (SSSR count). The van der Waals surface area contributed by atoms with E-state index in [0.717, 1.165) is 11.9 Å². The van der Waals surface area contributed by atoms with Gasteiger partial charge in [0.1, 0.15) is 5.92 Å². The van der Waals surface area contributed by atoms with E-state index in [1.54, 1.807) is 18.2 Å². The van der Waals surface area contributed by atoms with E-state index in [1.807, 2.05) is 0 Å². The van der Waals surface area contributed by atoms with Gasteiger partial charge in [0.2, 0.25) is 0 Å². The number of carbonyl (C=O) groups is 2. The molecule has 1 N–H and O–H groups in total. The number of amides is 1. The van der Waals surface area contributed by atoms with E-state index in [0.29, 0.717) is 7.11 Å². The molecule has 0 saturated heterocycles. The van der Waals surface area contributed by atoms with E-state index in [1.165, 1.54) is 12.1 Å². The van der Waals surface area contributed by atoms with Gasteiger partial charge in [-0.3, -0.25) is 4.79 Å². The van der Waals surface area contributed by atoms with Crippen molar-refractivity contribution in [2.75, 3.05) is 12.1 Å². The summed E-state index contributed by atoms with van der Waals surface area (Å²) in [4.78, 5) is 24.0. The van der Waals surface area contributed by atoms with E-state index in [2.05, 4.69) is 9.84 Å². The van der Waals surface area contributed by atoms with Crippen molar-refractivity contribution in [2.24, 2.45) is 11.0 Å². The first-order chi connectivity index (χ1) is 10.6. The summed E-state index contributed by atoms with van der Waals surface area (Å²) in [5.74, 6) is -5.35. The van der Waals surface area contributed by atoms with Crippen molar-refractivity contribution in [3.63, 3.8) is 0 Å². The third-order valence-electron chi connectivity index (χ3n) is 3.48. The maximum atomic E-state index is 13.3. The number of carbonyl (C=O) groups excluding carboxylic acids is 2. The molecular weight excluding hydrogens is 317 g/mol. The van der Waals surface area contributed by atoms with Crippen LogP contribution in [0.1, 0.15) is 6.92 Å². The van der Waals surface area contributed by atoms with Crippen molar-refractivity contribution in [2.45, 2.75) is 18.7 Å². The number of rotatable bonds is 3. The van der Waals surface area contributed by atoms with Crippen LogP contribution >= 0.6 is 0 Å². The lowest BCUT2D eigenvalue weighted by atomic mass is 9.83. The Morgan fingerprint density at radius 1 is 1.30 bits per heavy atom. The van der Waals surface area contributed by atoms with Gasteiger partial charge in [-0.05, 0) is 19.1 Å². The zero-order valence-corrected chi connectivity index (χ0v) is 12.2. The third kappa shape index (κ3) is 2.56. The maximum Gasteiger partial charge on any atom is 0.429 e. The Morgan fingerprint density at radius 3 is 2.35 bits per heavy atom.